The first kappa shape index (κ1) is 15.9. The van der Waals surface area contributed by atoms with Gasteiger partial charge in [0.25, 0.3) is 0 Å². The molecule has 0 radical (unpaired) electrons. The summed E-state index contributed by atoms with van der Waals surface area (Å²) in [6, 6.07) is 11.5. The van der Waals surface area contributed by atoms with E-state index in [4.69, 9.17) is 0 Å². The fourth-order valence-corrected chi connectivity index (χ4v) is 2.82. The molecule has 26 heavy (non-hydrogen) atoms. The highest BCUT2D eigenvalue weighted by Gasteiger charge is 2.19. The molecule has 0 amide bonds. The Bertz CT molecular complexity index is 1030. The zero-order valence-corrected chi connectivity index (χ0v) is 13.6. The molecule has 0 aliphatic heterocycles. The number of hydrogen-bond donors (Lipinski definition) is 2. The second-order valence-corrected chi connectivity index (χ2v) is 5.74. The fourth-order valence-electron chi connectivity index (χ4n) is 2.82. The lowest BCUT2D eigenvalue weighted by Gasteiger charge is -2.16. The Morgan fingerprint density at radius 3 is 2.77 bits per heavy atom. The van der Waals surface area contributed by atoms with Crippen molar-refractivity contribution in [3.05, 3.63) is 72.1 Å². The van der Waals surface area contributed by atoms with Crippen LogP contribution in [0.4, 0.5) is 16.2 Å². The van der Waals surface area contributed by atoms with E-state index in [0.29, 0.717) is 23.2 Å². The van der Waals surface area contributed by atoms with Crippen LogP contribution in [-0.2, 0) is 4.79 Å². The van der Waals surface area contributed by atoms with Gasteiger partial charge >= 0.3 is 0 Å². The highest BCUT2D eigenvalue weighted by molar-refractivity contribution is 5.56. The first-order valence-corrected chi connectivity index (χ1v) is 8.05. The lowest BCUT2D eigenvalue weighted by Crippen LogP contribution is -2.12. The van der Waals surface area contributed by atoms with Crippen molar-refractivity contribution in [2.45, 2.75) is 12.3 Å². The van der Waals surface area contributed by atoms with Crippen LogP contribution in [0.25, 0.3) is 5.65 Å². The fraction of sp³-hybridized carbons (Fsp3) is 0.111. The molecule has 4 rings (SSSR count). The van der Waals surface area contributed by atoms with Gasteiger partial charge in [0.1, 0.15) is 29.4 Å². The van der Waals surface area contributed by atoms with Crippen molar-refractivity contribution in [2.75, 3.05) is 5.32 Å². The van der Waals surface area contributed by atoms with E-state index in [9.17, 15) is 9.18 Å². The van der Waals surface area contributed by atoms with Gasteiger partial charge in [-0.2, -0.15) is 10.1 Å². The molecule has 0 aliphatic rings. The molecule has 0 aliphatic carbocycles. The van der Waals surface area contributed by atoms with Crippen molar-refractivity contribution in [3.63, 3.8) is 0 Å². The number of nitrogens with zero attached hydrogens (tertiary/aromatic N) is 4. The van der Waals surface area contributed by atoms with Crippen molar-refractivity contribution in [3.8, 4) is 0 Å². The van der Waals surface area contributed by atoms with Gasteiger partial charge in [-0.1, -0.05) is 12.1 Å². The Morgan fingerprint density at radius 2 is 2.04 bits per heavy atom. The Balaban J connectivity index is 1.80. The van der Waals surface area contributed by atoms with Crippen LogP contribution in [0.3, 0.4) is 0 Å². The molecule has 2 N–H and O–H groups in total. The minimum Gasteiger partial charge on any atom is -0.310 e. The average molecular weight is 350 g/mol. The van der Waals surface area contributed by atoms with Crippen LogP contribution in [0.15, 0.2) is 54.9 Å². The molecule has 0 saturated carbocycles. The zero-order chi connectivity index (χ0) is 17.9. The van der Waals surface area contributed by atoms with Crippen LogP contribution in [-0.4, -0.2) is 30.9 Å². The number of rotatable bonds is 6. The molecular formula is C18H15FN6O. The Hall–Kier alpha value is -3.55. The molecular weight excluding hydrogens is 335 g/mol. The number of hydrogen-bond acceptors (Lipinski definition) is 5. The molecule has 0 saturated heterocycles. The second kappa shape index (κ2) is 6.75. The summed E-state index contributed by atoms with van der Waals surface area (Å²) in [6.07, 6.45) is 4.49. The number of anilines is 2. The Morgan fingerprint density at radius 1 is 1.19 bits per heavy atom. The van der Waals surface area contributed by atoms with Gasteiger partial charge in [0.2, 0.25) is 5.95 Å². The molecule has 0 fully saturated rings. The average Bonchev–Trinajstić information content (AvgIpc) is 3.32. The van der Waals surface area contributed by atoms with Gasteiger partial charge in [-0.25, -0.2) is 9.37 Å². The molecule has 7 nitrogen and oxygen atoms in total. The van der Waals surface area contributed by atoms with Gasteiger partial charge in [-0.05, 0) is 29.8 Å². The number of fused-ring (bicyclic) bond motifs is 1. The first-order valence-electron chi connectivity index (χ1n) is 8.05. The molecule has 130 valence electrons. The minimum absolute atomic E-state index is 0.200. The summed E-state index contributed by atoms with van der Waals surface area (Å²) in [6.45, 7) is 0. The highest BCUT2D eigenvalue weighted by atomic mass is 19.1. The summed E-state index contributed by atoms with van der Waals surface area (Å²) >= 11 is 0. The van der Waals surface area contributed by atoms with Crippen molar-refractivity contribution in [2.24, 2.45) is 0 Å². The third kappa shape index (κ3) is 3.04. The van der Waals surface area contributed by atoms with Gasteiger partial charge in [0, 0.05) is 18.7 Å². The number of halogens is 1. The summed E-state index contributed by atoms with van der Waals surface area (Å²) in [5.41, 5.74) is 1.47. The van der Waals surface area contributed by atoms with Crippen molar-refractivity contribution in [1.29, 1.82) is 0 Å². The lowest BCUT2D eigenvalue weighted by atomic mass is 9.95. The molecule has 4 aromatic rings. The molecule has 8 heteroatoms. The molecule has 1 aromatic carbocycles. The van der Waals surface area contributed by atoms with Gasteiger partial charge < -0.3 is 10.1 Å². The van der Waals surface area contributed by atoms with Crippen LogP contribution < -0.4 is 5.32 Å². The van der Waals surface area contributed by atoms with Crippen molar-refractivity contribution < 1.29 is 9.18 Å². The van der Waals surface area contributed by atoms with Gasteiger partial charge in [0.05, 0.1) is 12.1 Å². The summed E-state index contributed by atoms with van der Waals surface area (Å²) < 4.78 is 15.1. The van der Waals surface area contributed by atoms with E-state index in [2.05, 4.69) is 25.5 Å². The molecule has 3 heterocycles. The highest BCUT2D eigenvalue weighted by Crippen LogP contribution is 2.27. The largest absolute Gasteiger partial charge is 0.310 e. The first-order chi connectivity index (χ1) is 12.7. The Labute approximate surface area is 147 Å². The number of benzene rings is 1. The predicted octanol–water partition coefficient (Wildman–Crippen LogP) is 3.06. The number of H-pyrrole nitrogens is 1. The van der Waals surface area contributed by atoms with E-state index in [-0.39, 0.29) is 18.2 Å². The van der Waals surface area contributed by atoms with Crippen LogP contribution in [0, 0.1) is 5.82 Å². The molecule has 3 aromatic heterocycles. The summed E-state index contributed by atoms with van der Waals surface area (Å²) in [7, 11) is 0. The molecule has 1 atom stereocenters. The monoisotopic (exact) mass is 350 g/mol. The lowest BCUT2D eigenvalue weighted by molar-refractivity contribution is -0.108. The minimum atomic E-state index is -0.365. The predicted molar refractivity (Wildman–Crippen MR) is 93.8 cm³/mol. The zero-order valence-electron chi connectivity index (χ0n) is 13.6. The third-order valence-electron chi connectivity index (χ3n) is 4.07. The smallest absolute Gasteiger partial charge is 0.216 e. The maximum absolute atomic E-state index is 13.3. The number of aldehydes is 1. The standard InChI is InChI=1S/C18H15FN6O/c19-13-5-3-12(4-6-13)14(8-11-26)17-22-16-2-1-10-25(16)18(23-17)21-15-7-9-20-24-15/h1-7,9-11,14H,8H2,(H2,20,21,22,23,24). The van der Waals surface area contributed by atoms with Crippen LogP contribution in [0.2, 0.25) is 0 Å². The number of carbonyl (C=O) groups is 1. The summed E-state index contributed by atoms with van der Waals surface area (Å²) in [4.78, 5) is 20.4. The van der Waals surface area contributed by atoms with Gasteiger partial charge in [0.15, 0.2) is 0 Å². The molecule has 0 bridgehead atoms. The van der Waals surface area contributed by atoms with E-state index in [1.54, 1.807) is 28.8 Å². The van der Waals surface area contributed by atoms with Gasteiger partial charge in [-0.15, -0.1) is 0 Å². The van der Waals surface area contributed by atoms with E-state index < -0.39 is 0 Å². The quantitative estimate of drug-likeness (QED) is 0.522. The van der Waals surface area contributed by atoms with Crippen LogP contribution in [0.1, 0.15) is 23.7 Å². The SMILES string of the molecule is O=CCC(c1ccc(F)cc1)c1nc(Nc2ccn[nH]2)n2cccc2n1. The van der Waals surface area contributed by atoms with E-state index in [1.165, 1.54) is 12.1 Å². The number of nitrogens with one attached hydrogen (secondary N) is 2. The summed E-state index contributed by atoms with van der Waals surface area (Å²) in [5.74, 6) is 1.01. The van der Waals surface area contributed by atoms with Crippen molar-refractivity contribution >= 4 is 23.7 Å². The molecule has 0 spiro atoms. The number of carbonyl (C=O) groups excluding carboxylic acids is 1. The van der Waals surface area contributed by atoms with E-state index >= 15 is 0 Å². The maximum atomic E-state index is 13.3. The van der Waals surface area contributed by atoms with Crippen LogP contribution >= 0.6 is 0 Å². The topological polar surface area (TPSA) is 88.0 Å². The van der Waals surface area contributed by atoms with E-state index in [1.807, 2.05) is 18.3 Å². The van der Waals surface area contributed by atoms with Crippen molar-refractivity contribution in [1.82, 2.24) is 24.6 Å². The molecule has 1 unspecified atom stereocenters. The number of aromatic nitrogens is 5. The maximum Gasteiger partial charge on any atom is 0.216 e. The second-order valence-electron chi connectivity index (χ2n) is 5.74. The summed E-state index contributed by atoms with van der Waals surface area (Å²) in [5, 5.41) is 9.88. The van der Waals surface area contributed by atoms with E-state index in [0.717, 1.165) is 11.8 Å². The normalized spacial score (nSPS) is 12.2. The van der Waals surface area contributed by atoms with Gasteiger partial charge in [-0.3, -0.25) is 9.50 Å². The van der Waals surface area contributed by atoms with Crippen LogP contribution in [0.5, 0.6) is 0 Å². The number of aromatic amines is 1. The third-order valence-corrected chi connectivity index (χ3v) is 4.07. The Kier molecular flexibility index (Phi) is 4.14.